The quantitative estimate of drug-likeness (QED) is 0.855. The van der Waals surface area contributed by atoms with E-state index < -0.39 is 5.97 Å². The number of rotatable bonds is 3. The van der Waals surface area contributed by atoms with Crippen molar-refractivity contribution in [3.8, 4) is 0 Å². The summed E-state index contributed by atoms with van der Waals surface area (Å²) in [6.07, 6.45) is 0.0380. The molecule has 98 valence electrons. The third kappa shape index (κ3) is 2.95. The van der Waals surface area contributed by atoms with Gasteiger partial charge in [-0.25, -0.2) is 9.97 Å². The maximum absolute atomic E-state index is 10.9. The van der Waals surface area contributed by atoms with Crippen LogP contribution in [-0.4, -0.2) is 46.8 Å². The lowest BCUT2D eigenvalue weighted by atomic mass is 10.1. The lowest BCUT2D eigenvalue weighted by Gasteiger charge is -2.35. The molecule has 18 heavy (non-hydrogen) atoms. The molecule has 1 fully saturated rings. The van der Waals surface area contributed by atoms with Gasteiger partial charge in [0.25, 0.3) is 0 Å². The third-order valence-electron chi connectivity index (χ3n) is 2.87. The molecule has 0 amide bonds. The average molecular weight is 251 g/mol. The van der Waals surface area contributed by atoms with Crippen molar-refractivity contribution in [2.45, 2.75) is 26.3 Å². The number of carboxylic acid groups (broad SMARTS) is 1. The van der Waals surface area contributed by atoms with E-state index in [9.17, 15) is 4.79 Å². The first kappa shape index (κ1) is 12.8. The number of nitrogens with zero attached hydrogens (tertiary/aromatic N) is 3. The van der Waals surface area contributed by atoms with Gasteiger partial charge in [0, 0.05) is 17.9 Å². The Morgan fingerprint density at radius 2 is 2.17 bits per heavy atom. The summed E-state index contributed by atoms with van der Waals surface area (Å²) in [7, 11) is 0. The Morgan fingerprint density at radius 1 is 1.50 bits per heavy atom. The van der Waals surface area contributed by atoms with E-state index in [-0.39, 0.29) is 12.5 Å². The number of aliphatic carboxylic acids is 1. The highest BCUT2D eigenvalue weighted by Crippen LogP contribution is 2.18. The molecular weight excluding hydrogens is 234 g/mol. The minimum atomic E-state index is -0.833. The van der Waals surface area contributed by atoms with E-state index in [0.717, 1.165) is 11.4 Å². The smallest absolute Gasteiger partial charge is 0.305 e. The molecule has 1 aromatic rings. The van der Waals surface area contributed by atoms with Crippen LogP contribution in [0.4, 0.5) is 5.95 Å². The number of carbonyl (C=O) groups is 1. The molecule has 6 nitrogen and oxygen atoms in total. The number of aryl methyl sites for hydroxylation is 2. The lowest BCUT2D eigenvalue weighted by Crippen LogP contribution is -2.47. The first-order valence-corrected chi connectivity index (χ1v) is 5.94. The Balaban J connectivity index is 2.24. The molecule has 1 saturated heterocycles. The minimum Gasteiger partial charge on any atom is -0.481 e. The highest BCUT2D eigenvalue weighted by atomic mass is 16.5. The second-order valence-corrected chi connectivity index (χ2v) is 4.47. The average Bonchev–Trinajstić information content (AvgIpc) is 2.27. The van der Waals surface area contributed by atoms with E-state index in [1.54, 1.807) is 0 Å². The van der Waals surface area contributed by atoms with Crippen LogP contribution in [0.2, 0.25) is 0 Å². The molecular formula is C12H17N3O3. The van der Waals surface area contributed by atoms with Crippen LogP contribution in [0, 0.1) is 13.8 Å². The fourth-order valence-corrected chi connectivity index (χ4v) is 2.12. The van der Waals surface area contributed by atoms with Crippen LogP contribution < -0.4 is 4.90 Å². The van der Waals surface area contributed by atoms with Gasteiger partial charge in [0.1, 0.15) is 0 Å². The maximum Gasteiger partial charge on any atom is 0.305 e. The zero-order chi connectivity index (χ0) is 13.1. The number of morpholine rings is 1. The minimum absolute atomic E-state index is 0.0380. The molecule has 0 saturated carbocycles. The van der Waals surface area contributed by atoms with Crippen molar-refractivity contribution < 1.29 is 14.6 Å². The van der Waals surface area contributed by atoms with Gasteiger partial charge in [-0.3, -0.25) is 4.79 Å². The summed E-state index contributed by atoms with van der Waals surface area (Å²) in [4.78, 5) is 21.5. The molecule has 0 aliphatic carbocycles. The first-order valence-electron chi connectivity index (χ1n) is 5.94. The van der Waals surface area contributed by atoms with Crippen LogP contribution in [0.1, 0.15) is 17.8 Å². The number of hydrogen-bond acceptors (Lipinski definition) is 5. The van der Waals surface area contributed by atoms with Crippen LogP contribution in [0.25, 0.3) is 0 Å². The number of carboxylic acids is 1. The zero-order valence-corrected chi connectivity index (χ0v) is 10.6. The summed E-state index contributed by atoms with van der Waals surface area (Å²) in [6, 6.07) is 1.70. The van der Waals surface area contributed by atoms with E-state index in [4.69, 9.17) is 9.84 Å². The molecule has 0 spiro atoms. The molecule has 6 heteroatoms. The summed E-state index contributed by atoms with van der Waals surface area (Å²) < 4.78 is 5.33. The van der Waals surface area contributed by atoms with Crippen LogP contribution in [0.5, 0.6) is 0 Å². The number of ether oxygens (including phenoxy) is 1. The second kappa shape index (κ2) is 5.30. The second-order valence-electron chi connectivity index (χ2n) is 4.47. The van der Waals surface area contributed by atoms with E-state index in [0.29, 0.717) is 25.7 Å². The van der Waals surface area contributed by atoms with Gasteiger partial charge in [0.05, 0.1) is 25.7 Å². The van der Waals surface area contributed by atoms with Gasteiger partial charge < -0.3 is 14.7 Å². The van der Waals surface area contributed by atoms with Crippen molar-refractivity contribution in [1.82, 2.24) is 9.97 Å². The zero-order valence-electron chi connectivity index (χ0n) is 10.6. The molecule has 1 N–H and O–H groups in total. The summed E-state index contributed by atoms with van der Waals surface area (Å²) in [5, 5.41) is 8.92. The van der Waals surface area contributed by atoms with Crippen LogP contribution in [0.15, 0.2) is 6.07 Å². The predicted octanol–water partition coefficient (Wildman–Crippen LogP) is 0.773. The molecule has 1 aromatic heterocycles. The van der Waals surface area contributed by atoms with E-state index in [2.05, 4.69) is 9.97 Å². The van der Waals surface area contributed by atoms with Crippen molar-refractivity contribution in [3.63, 3.8) is 0 Å². The van der Waals surface area contributed by atoms with Crippen LogP contribution >= 0.6 is 0 Å². The molecule has 1 atom stereocenters. The molecule has 2 heterocycles. The number of aromatic nitrogens is 2. The molecule has 0 radical (unpaired) electrons. The molecule has 2 rings (SSSR count). The highest BCUT2D eigenvalue weighted by molar-refractivity contribution is 5.68. The molecule has 1 unspecified atom stereocenters. The van der Waals surface area contributed by atoms with Gasteiger partial charge in [-0.2, -0.15) is 0 Å². The molecule has 0 aromatic carbocycles. The summed E-state index contributed by atoms with van der Waals surface area (Å²) >= 11 is 0. The summed E-state index contributed by atoms with van der Waals surface area (Å²) in [5.41, 5.74) is 1.77. The van der Waals surface area contributed by atoms with Crippen molar-refractivity contribution in [2.24, 2.45) is 0 Å². The number of anilines is 1. The predicted molar refractivity (Wildman–Crippen MR) is 65.7 cm³/mol. The first-order chi connectivity index (χ1) is 8.56. The fourth-order valence-electron chi connectivity index (χ4n) is 2.12. The fraction of sp³-hybridized carbons (Fsp3) is 0.583. The highest BCUT2D eigenvalue weighted by Gasteiger charge is 2.27. The Morgan fingerprint density at radius 3 is 2.78 bits per heavy atom. The van der Waals surface area contributed by atoms with Crippen molar-refractivity contribution in [1.29, 1.82) is 0 Å². The van der Waals surface area contributed by atoms with E-state index in [1.165, 1.54) is 0 Å². The topological polar surface area (TPSA) is 75.6 Å². The summed E-state index contributed by atoms with van der Waals surface area (Å²) in [6.45, 7) is 5.42. The van der Waals surface area contributed by atoms with E-state index in [1.807, 2.05) is 24.8 Å². The Bertz CT molecular complexity index is 430. The van der Waals surface area contributed by atoms with Gasteiger partial charge >= 0.3 is 5.97 Å². The molecule has 1 aliphatic heterocycles. The van der Waals surface area contributed by atoms with Crippen molar-refractivity contribution in [3.05, 3.63) is 17.5 Å². The third-order valence-corrected chi connectivity index (χ3v) is 2.87. The van der Waals surface area contributed by atoms with Gasteiger partial charge in [0.2, 0.25) is 5.95 Å². The number of hydrogen-bond donors (Lipinski definition) is 1. The monoisotopic (exact) mass is 251 g/mol. The maximum atomic E-state index is 10.9. The van der Waals surface area contributed by atoms with Gasteiger partial charge in [-0.1, -0.05) is 0 Å². The van der Waals surface area contributed by atoms with Gasteiger partial charge in [0.15, 0.2) is 0 Å². The standard InChI is InChI=1S/C12H17N3O3/c1-8-5-9(2)14-12(13-8)15-3-4-18-7-10(15)6-11(16)17/h5,10H,3-4,6-7H2,1-2H3,(H,16,17). The SMILES string of the molecule is Cc1cc(C)nc(N2CCOCC2CC(=O)O)n1. The molecule has 0 bridgehead atoms. The van der Waals surface area contributed by atoms with Crippen LogP contribution in [0.3, 0.4) is 0 Å². The van der Waals surface area contributed by atoms with Gasteiger partial charge in [-0.15, -0.1) is 0 Å². The Labute approximate surface area is 106 Å². The Kier molecular flexibility index (Phi) is 3.76. The van der Waals surface area contributed by atoms with Crippen molar-refractivity contribution >= 4 is 11.9 Å². The normalized spacial score (nSPS) is 19.9. The van der Waals surface area contributed by atoms with Crippen molar-refractivity contribution in [2.75, 3.05) is 24.7 Å². The van der Waals surface area contributed by atoms with E-state index >= 15 is 0 Å². The largest absolute Gasteiger partial charge is 0.481 e. The molecule has 1 aliphatic rings. The summed E-state index contributed by atoms with van der Waals surface area (Å²) in [5.74, 6) is -0.234. The Hall–Kier alpha value is -1.69. The van der Waals surface area contributed by atoms with Gasteiger partial charge in [-0.05, 0) is 19.9 Å². The van der Waals surface area contributed by atoms with Crippen LogP contribution in [-0.2, 0) is 9.53 Å². The lowest BCUT2D eigenvalue weighted by molar-refractivity contribution is -0.138.